The molecule has 13 heteroatoms. The van der Waals surface area contributed by atoms with Crippen molar-refractivity contribution < 1.29 is 55.8 Å². The zero-order chi connectivity index (χ0) is 34.1. The predicted octanol–water partition coefficient (Wildman–Crippen LogP) is 7.32. The first-order chi connectivity index (χ1) is 22.3. The Morgan fingerprint density at radius 1 is 0.936 bits per heavy atom. The van der Waals surface area contributed by atoms with Crippen molar-refractivity contribution in [2.75, 3.05) is 51.8 Å². The maximum atomic E-state index is 12.9. The molecule has 258 valence electrons. The number of hydrogen-bond acceptors (Lipinski definition) is 8. The molecule has 1 aliphatic rings. The van der Waals surface area contributed by atoms with E-state index in [0.717, 1.165) is 16.7 Å². The van der Waals surface area contributed by atoms with Gasteiger partial charge in [0.15, 0.2) is 6.79 Å². The van der Waals surface area contributed by atoms with Gasteiger partial charge in [-0.2, -0.15) is 33.7 Å². The van der Waals surface area contributed by atoms with Crippen molar-refractivity contribution in [3.63, 3.8) is 0 Å². The minimum absolute atomic E-state index is 0.0237. The molecule has 2 N–H and O–H groups in total. The van der Waals surface area contributed by atoms with Crippen LogP contribution in [-0.2, 0) is 14.9 Å². The van der Waals surface area contributed by atoms with Gasteiger partial charge in [0.25, 0.3) is 0 Å². The van der Waals surface area contributed by atoms with Crippen molar-refractivity contribution in [2.45, 2.75) is 49.3 Å². The first-order valence-corrected chi connectivity index (χ1v) is 16.2. The Bertz CT molecular complexity index is 1410. The molecular weight excluding hydrogens is 647 g/mol. The number of ether oxygens (including phenoxy) is 5. The molecule has 1 aliphatic heterocycles. The molecule has 1 heterocycles. The maximum absolute atomic E-state index is 12.9. The minimum Gasteiger partial charge on any atom is -0.508 e. The Balaban J connectivity index is 1.30. The molecule has 7 nitrogen and oxygen atoms in total. The lowest BCUT2D eigenvalue weighted by Gasteiger charge is -2.43. The number of methoxy groups -OCH3 is 1. The van der Waals surface area contributed by atoms with Gasteiger partial charge in [-0.25, -0.2) is 0 Å². The van der Waals surface area contributed by atoms with Gasteiger partial charge < -0.3 is 33.9 Å². The summed E-state index contributed by atoms with van der Waals surface area (Å²) in [5, 5.41) is 20.4. The SMILES string of the molecule is COCOc1ccc(C2(C)COc3cc(O)ccc3C2c2ccc(OC[C@H](O)COCCSCCCC(F)(F)C(F)(F)F)cc2)cc1. The van der Waals surface area contributed by atoms with Crippen molar-refractivity contribution in [1.82, 2.24) is 0 Å². The molecule has 0 amide bonds. The summed E-state index contributed by atoms with van der Waals surface area (Å²) in [5.74, 6) is -2.33. The number of aromatic hydroxyl groups is 1. The number of benzene rings is 3. The Morgan fingerprint density at radius 3 is 2.30 bits per heavy atom. The summed E-state index contributed by atoms with van der Waals surface area (Å²) in [6.45, 7) is 2.78. The molecule has 47 heavy (non-hydrogen) atoms. The van der Waals surface area contributed by atoms with E-state index in [9.17, 15) is 32.2 Å². The molecule has 2 unspecified atom stereocenters. The first kappa shape index (κ1) is 36.6. The van der Waals surface area contributed by atoms with Crippen LogP contribution in [0.25, 0.3) is 0 Å². The molecule has 0 saturated carbocycles. The second kappa shape index (κ2) is 16.2. The standard InChI is InChI=1S/C34H39F5O7S/c1-32(24-6-11-28(12-7-24)46-22-42-2)21-45-30-18-25(40)8-13-29(30)31(32)23-4-9-27(10-5-23)44-20-26(41)19-43-15-17-47-16-3-14-33(35,36)34(37,38)39/h4-13,18,26,31,40-41H,3,14-17,19-22H2,1-2H3/t26-,31?,32?/m1/s1. The van der Waals surface area contributed by atoms with E-state index < -0.39 is 30.0 Å². The Kier molecular flexibility index (Phi) is 12.6. The van der Waals surface area contributed by atoms with Gasteiger partial charge in [0.1, 0.15) is 35.7 Å². The van der Waals surface area contributed by atoms with E-state index in [1.54, 1.807) is 19.2 Å². The van der Waals surface area contributed by atoms with Crippen LogP contribution in [0, 0.1) is 0 Å². The molecule has 3 aromatic rings. The predicted molar refractivity (Wildman–Crippen MR) is 168 cm³/mol. The molecule has 0 bridgehead atoms. The molecule has 0 aliphatic carbocycles. The summed E-state index contributed by atoms with van der Waals surface area (Å²) in [6.07, 6.45) is -7.97. The van der Waals surface area contributed by atoms with Gasteiger partial charge in [-0.1, -0.05) is 37.3 Å². The van der Waals surface area contributed by atoms with Crippen molar-refractivity contribution in [3.8, 4) is 23.0 Å². The van der Waals surface area contributed by atoms with Crippen LogP contribution >= 0.6 is 11.8 Å². The first-order valence-electron chi connectivity index (χ1n) is 15.0. The van der Waals surface area contributed by atoms with Crippen molar-refractivity contribution in [2.24, 2.45) is 0 Å². The fourth-order valence-electron chi connectivity index (χ4n) is 5.37. The lowest BCUT2D eigenvalue weighted by atomic mass is 9.65. The number of fused-ring (bicyclic) bond motifs is 1. The van der Waals surface area contributed by atoms with Gasteiger partial charge >= 0.3 is 12.1 Å². The van der Waals surface area contributed by atoms with Gasteiger partial charge in [0, 0.05) is 42.2 Å². The van der Waals surface area contributed by atoms with E-state index in [2.05, 4.69) is 6.92 Å². The monoisotopic (exact) mass is 686 g/mol. The number of rotatable bonds is 17. The van der Waals surface area contributed by atoms with Crippen LogP contribution in [0.2, 0.25) is 0 Å². The normalized spacial score (nSPS) is 18.7. The third-order valence-electron chi connectivity index (χ3n) is 7.86. The fraction of sp³-hybridized carbons (Fsp3) is 0.471. The maximum Gasteiger partial charge on any atom is 0.453 e. The van der Waals surface area contributed by atoms with Gasteiger partial charge in [0.05, 0.1) is 19.8 Å². The number of alkyl halides is 5. The summed E-state index contributed by atoms with van der Waals surface area (Å²) in [4.78, 5) is 0. The van der Waals surface area contributed by atoms with Gasteiger partial charge in [0.2, 0.25) is 0 Å². The summed E-state index contributed by atoms with van der Waals surface area (Å²) in [7, 11) is 1.56. The van der Waals surface area contributed by atoms with E-state index in [0.29, 0.717) is 29.6 Å². The van der Waals surface area contributed by atoms with Crippen molar-refractivity contribution in [3.05, 3.63) is 83.4 Å². The second-order valence-electron chi connectivity index (χ2n) is 11.5. The Morgan fingerprint density at radius 2 is 1.62 bits per heavy atom. The molecule has 0 aromatic heterocycles. The molecule has 3 atom stereocenters. The number of thioether (sulfide) groups is 1. The minimum atomic E-state index is -5.53. The van der Waals surface area contributed by atoms with E-state index in [-0.39, 0.29) is 50.5 Å². The highest BCUT2D eigenvalue weighted by Gasteiger charge is 2.56. The van der Waals surface area contributed by atoms with Gasteiger partial charge in [-0.05, 0) is 53.6 Å². The lowest BCUT2D eigenvalue weighted by molar-refractivity contribution is -0.284. The van der Waals surface area contributed by atoms with Crippen molar-refractivity contribution in [1.29, 1.82) is 0 Å². The van der Waals surface area contributed by atoms with Gasteiger partial charge in [-0.15, -0.1) is 0 Å². The summed E-state index contributed by atoms with van der Waals surface area (Å²) in [6, 6.07) is 20.5. The van der Waals surface area contributed by atoms with Crippen LogP contribution in [0.1, 0.15) is 42.4 Å². The quantitative estimate of drug-likeness (QED) is 0.0868. The van der Waals surface area contributed by atoms with E-state index in [4.69, 9.17) is 23.7 Å². The average molecular weight is 687 g/mol. The Hall–Kier alpha value is -3.26. The molecule has 4 rings (SSSR count). The Labute approximate surface area is 274 Å². The van der Waals surface area contributed by atoms with Crippen LogP contribution in [0.15, 0.2) is 66.7 Å². The molecule has 0 saturated heterocycles. The number of phenols is 1. The van der Waals surface area contributed by atoms with E-state index >= 15 is 0 Å². The number of halogens is 5. The summed E-state index contributed by atoms with van der Waals surface area (Å²) >= 11 is 1.21. The van der Waals surface area contributed by atoms with E-state index in [1.165, 1.54) is 11.8 Å². The lowest BCUT2D eigenvalue weighted by Crippen LogP contribution is -2.40. The smallest absolute Gasteiger partial charge is 0.453 e. The average Bonchev–Trinajstić information content (AvgIpc) is 3.04. The highest BCUT2D eigenvalue weighted by atomic mass is 32.2. The van der Waals surface area contributed by atoms with Crippen LogP contribution in [0.5, 0.6) is 23.0 Å². The zero-order valence-electron chi connectivity index (χ0n) is 26.1. The number of hydrogen-bond donors (Lipinski definition) is 2. The van der Waals surface area contributed by atoms with Crippen LogP contribution in [0.4, 0.5) is 22.0 Å². The molecule has 0 radical (unpaired) electrons. The second-order valence-corrected chi connectivity index (χ2v) is 12.7. The largest absolute Gasteiger partial charge is 0.508 e. The van der Waals surface area contributed by atoms with Gasteiger partial charge in [-0.3, -0.25) is 0 Å². The third-order valence-corrected chi connectivity index (χ3v) is 8.89. The highest BCUT2D eigenvalue weighted by molar-refractivity contribution is 7.99. The van der Waals surface area contributed by atoms with Crippen molar-refractivity contribution >= 4 is 11.8 Å². The summed E-state index contributed by atoms with van der Waals surface area (Å²) in [5.41, 5.74) is 2.48. The summed E-state index contributed by atoms with van der Waals surface area (Å²) < 4.78 is 90.4. The topological polar surface area (TPSA) is 86.6 Å². The van der Waals surface area contributed by atoms with Crippen LogP contribution < -0.4 is 14.2 Å². The molecule has 0 fully saturated rings. The molecule has 0 spiro atoms. The highest BCUT2D eigenvalue weighted by Crippen LogP contribution is 2.51. The molecule has 3 aromatic carbocycles. The molecular formula is C34H39F5O7S. The zero-order valence-corrected chi connectivity index (χ0v) is 26.9. The number of aliphatic hydroxyl groups excluding tert-OH is 1. The fourth-order valence-corrected chi connectivity index (χ4v) is 6.16. The van der Waals surface area contributed by atoms with Crippen LogP contribution in [-0.4, -0.2) is 80.3 Å². The number of aliphatic hydroxyl groups is 1. The third kappa shape index (κ3) is 9.65. The van der Waals surface area contributed by atoms with E-state index in [1.807, 2.05) is 54.6 Å². The van der Waals surface area contributed by atoms with Crippen LogP contribution in [0.3, 0.4) is 0 Å². The number of phenolic OH excluding ortho intramolecular Hbond substituents is 1.